The molecular formula is C13H20N2O3. The molecule has 1 aromatic carbocycles. The van der Waals surface area contributed by atoms with Crippen LogP contribution in [0.1, 0.15) is 25.3 Å². The number of aliphatic hydroxyl groups is 1. The molecule has 0 aliphatic carbocycles. The summed E-state index contributed by atoms with van der Waals surface area (Å²) in [4.78, 5) is 16.3. The van der Waals surface area contributed by atoms with Gasteiger partial charge in [0.2, 0.25) is 0 Å². The number of carbonyl (C=O) groups excluding carboxylic acids is 1. The molecule has 0 fully saturated rings. The Bertz CT molecular complexity index is 343. The van der Waals surface area contributed by atoms with E-state index in [2.05, 4.69) is 10.8 Å². The van der Waals surface area contributed by atoms with Crippen LogP contribution in [-0.2, 0) is 11.4 Å². The number of aliphatic hydroxyl groups excluding tert-OH is 1. The van der Waals surface area contributed by atoms with Crippen molar-refractivity contribution < 1.29 is 14.7 Å². The zero-order valence-electron chi connectivity index (χ0n) is 10.6. The molecule has 0 bridgehead atoms. The Kier molecular flexibility index (Phi) is 6.83. The van der Waals surface area contributed by atoms with Crippen molar-refractivity contribution in [3.05, 3.63) is 35.9 Å². The van der Waals surface area contributed by atoms with Crippen molar-refractivity contribution in [2.75, 3.05) is 6.54 Å². The summed E-state index contributed by atoms with van der Waals surface area (Å²) >= 11 is 0. The quantitative estimate of drug-likeness (QED) is 0.645. The maximum atomic E-state index is 11.3. The van der Waals surface area contributed by atoms with Crippen LogP contribution >= 0.6 is 0 Å². The lowest BCUT2D eigenvalue weighted by molar-refractivity contribution is 0.0487. The number of carbonyl (C=O) groups is 1. The third kappa shape index (κ3) is 6.22. The second-order valence-corrected chi connectivity index (χ2v) is 3.98. The first kappa shape index (κ1) is 14.5. The Hall–Kier alpha value is -1.59. The average Bonchev–Trinajstić information content (AvgIpc) is 2.39. The van der Waals surface area contributed by atoms with Gasteiger partial charge in [0.15, 0.2) is 0 Å². The van der Waals surface area contributed by atoms with Gasteiger partial charge in [-0.2, -0.15) is 0 Å². The van der Waals surface area contributed by atoms with Gasteiger partial charge in [0.1, 0.15) is 0 Å². The number of hydroxylamine groups is 1. The van der Waals surface area contributed by atoms with Crippen LogP contribution in [0.4, 0.5) is 4.79 Å². The van der Waals surface area contributed by atoms with Crippen LogP contribution in [0.5, 0.6) is 0 Å². The number of urea groups is 1. The Labute approximate surface area is 107 Å². The van der Waals surface area contributed by atoms with E-state index in [4.69, 9.17) is 4.84 Å². The molecular weight excluding hydrogens is 232 g/mol. The minimum Gasteiger partial charge on any atom is -0.393 e. The van der Waals surface area contributed by atoms with Crippen LogP contribution in [0.2, 0.25) is 0 Å². The maximum Gasteiger partial charge on any atom is 0.338 e. The van der Waals surface area contributed by atoms with E-state index in [0.29, 0.717) is 26.0 Å². The van der Waals surface area contributed by atoms with E-state index < -0.39 is 6.03 Å². The normalized spacial score (nSPS) is 11.9. The fourth-order valence-corrected chi connectivity index (χ4v) is 1.35. The van der Waals surface area contributed by atoms with Gasteiger partial charge in [0.05, 0.1) is 12.7 Å². The van der Waals surface area contributed by atoms with Gasteiger partial charge in [0.25, 0.3) is 0 Å². The second-order valence-electron chi connectivity index (χ2n) is 3.98. The molecule has 0 radical (unpaired) electrons. The lowest BCUT2D eigenvalue weighted by atomic mass is 10.2. The van der Waals surface area contributed by atoms with Crippen molar-refractivity contribution in [2.24, 2.45) is 0 Å². The Balaban J connectivity index is 2.07. The van der Waals surface area contributed by atoms with Crippen molar-refractivity contribution >= 4 is 6.03 Å². The molecule has 1 atom stereocenters. The summed E-state index contributed by atoms with van der Waals surface area (Å²) < 4.78 is 0. The molecule has 100 valence electrons. The molecule has 18 heavy (non-hydrogen) atoms. The zero-order valence-corrected chi connectivity index (χ0v) is 10.6. The molecule has 1 rings (SSSR count). The van der Waals surface area contributed by atoms with Crippen molar-refractivity contribution in [2.45, 2.75) is 32.5 Å². The lowest BCUT2D eigenvalue weighted by Crippen LogP contribution is -2.36. The summed E-state index contributed by atoms with van der Waals surface area (Å²) in [7, 11) is 0. The second kappa shape index (κ2) is 8.49. The predicted molar refractivity (Wildman–Crippen MR) is 68.7 cm³/mol. The molecule has 0 heterocycles. The number of nitrogens with one attached hydrogen (secondary N) is 2. The summed E-state index contributed by atoms with van der Waals surface area (Å²) in [6, 6.07) is 9.17. The topological polar surface area (TPSA) is 70.6 Å². The number of hydrogen-bond acceptors (Lipinski definition) is 3. The smallest absolute Gasteiger partial charge is 0.338 e. The molecule has 1 unspecified atom stereocenters. The van der Waals surface area contributed by atoms with Gasteiger partial charge in [-0.25, -0.2) is 10.3 Å². The van der Waals surface area contributed by atoms with Crippen LogP contribution < -0.4 is 10.8 Å². The first-order chi connectivity index (χ1) is 8.72. The number of amides is 2. The van der Waals surface area contributed by atoms with Crippen LogP contribution in [0.15, 0.2) is 30.3 Å². The number of hydrogen-bond donors (Lipinski definition) is 3. The van der Waals surface area contributed by atoms with E-state index in [0.717, 1.165) is 5.56 Å². The highest BCUT2D eigenvalue weighted by molar-refractivity contribution is 5.72. The van der Waals surface area contributed by atoms with E-state index in [1.165, 1.54) is 0 Å². The van der Waals surface area contributed by atoms with Crippen LogP contribution in [-0.4, -0.2) is 23.8 Å². The van der Waals surface area contributed by atoms with Gasteiger partial charge in [-0.3, -0.25) is 4.84 Å². The van der Waals surface area contributed by atoms with Gasteiger partial charge in [-0.1, -0.05) is 37.3 Å². The van der Waals surface area contributed by atoms with E-state index in [1.807, 2.05) is 37.3 Å². The van der Waals surface area contributed by atoms with E-state index in [1.54, 1.807) is 0 Å². The summed E-state index contributed by atoms with van der Waals surface area (Å²) in [6.07, 6.45) is 0.867. The number of benzene rings is 1. The standard InChI is InChI=1S/C13H20N2O3/c1-2-12(16)8-9-14-13(17)15-18-10-11-6-4-3-5-7-11/h3-7,12,16H,2,8-10H2,1H3,(H2,14,15,17). The molecule has 0 saturated carbocycles. The van der Waals surface area contributed by atoms with Gasteiger partial charge in [0, 0.05) is 6.54 Å². The zero-order chi connectivity index (χ0) is 13.2. The molecule has 1 aromatic rings. The number of rotatable bonds is 7. The third-order valence-electron chi connectivity index (χ3n) is 2.48. The summed E-state index contributed by atoms with van der Waals surface area (Å²) in [5.74, 6) is 0. The average molecular weight is 252 g/mol. The largest absolute Gasteiger partial charge is 0.393 e. The Morgan fingerprint density at radius 3 is 2.78 bits per heavy atom. The molecule has 5 nitrogen and oxygen atoms in total. The third-order valence-corrected chi connectivity index (χ3v) is 2.48. The lowest BCUT2D eigenvalue weighted by Gasteiger charge is -2.10. The highest BCUT2D eigenvalue weighted by atomic mass is 16.7. The molecule has 0 spiro atoms. The summed E-state index contributed by atoms with van der Waals surface area (Å²) in [5, 5.41) is 11.9. The SMILES string of the molecule is CCC(O)CCNC(=O)NOCc1ccccc1. The molecule has 0 aromatic heterocycles. The monoisotopic (exact) mass is 252 g/mol. The van der Waals surface area contributed by atoms with Gasteiger partial charge in [-0.15, -0.1) is 0 Å². The molecule has 0 aliphatic rings. The maximum absolute atomic E-state index is 11.3. The van der Waals surface area contributed by atoms with Crippen LogP contribution in [0.3, 0.4) is 0 Å². The fraction of sp³-hybridized carbons (Fsp3) is 0.462. The first-order valence-corrected chi connectivity index (χ1v) is 6.10. The van der Waals surface area contributed by atoms with Gasteiger partial charge < -0.3 is 10.4 Å². The van der Waals surface area contributed by atoms with Gasteiger partial charge in [-0.05, 0) is 18.4 Å². The Morgan fingerprint density at radius 1 is 1.39 bits per heavy atom. The molecule has 2 amide bonds. The Morgan fingerprint density at radius 2 is 2.11 bits per heavy atom. The van der Waals surface area contributed by atoms with Crippen molar-refractivity contribution in [1.82, 2.24) is 10.8 Å². The summed E-state index contributed by atoms with van der Waals surface area (Å²) in [6.45, 7) is 2.65. The molecule has 3 N–H and O–H groups in total. The van der Waals surface area contributed by atoms with E-state index in [-0.39, 0.29) is 6.10 Å². The molecule has 5 heteroatoms. The van der Waals surface area contributed by atoms with Crippen molar-refractivity contribution in [3.8, 4) is 0 Å². The highest BCUT2D eigenvalue weighted by Crippen LogP contribution is 1.98. The van der Waals surface area contributed by atoms with Crippen molar-refractivity contribution in [1.29, 1.82) is 0 Å². The molecule has 0 aliphatic heterocycles. The first-order valence-electron chi connectivity index (χ1n) is 6.10. The minimum atomic E-state index is -0.394. The van der Waals surface area contributed by atoms with E-state index in [9.17, 15) is 9.90 Å². The molecule has 0 saturated heterocycles. The summed E-state index contributed by atoms with van der Waals surface area (Å²) in [5.41, 5.74) is 3.28. The van der Waals surface area contributed by atoms with Gasteiger partial charge >= 0.3 is 6.03 Å². The van der Waals surface area contributed by atoms with Crippen molar-refractivity contribution in [3.63, 3.8) is 0 Å². The highest BCUT2D eigenvalue weighted by Gasteiger charge is 2.03. The fourth-order valence-electron chi connectivity index (χ4n) is 1.35. The van der Waals surface area contributed by atoms with E-state index >= 15 is 0 Å². The minimum absolute atomic E-state index is 0.325. The van der Waals surface area contributed by atoms with Crippen LogP contribution in [0.25, 0.3) is 0 Å². The predicted octanol–water partition coefficient (Wildman–Crippen LogP) is 1.58. The van der Waals surface area contributed by atoms with Crippen LogP contribution in [0, 0.1) is 0 Å².